The lowest BCUT2D eigenvalue weighted by atomic mass is 10.0. The van der Waals surface area contributed by atoms with Crippen molar-refractivity contribution >= 4 is 37.3 Å². The number of nitriles is 1. The van der Waals surface area contributed by atoms with Gasteiger partial charge in [0.15, 0.2) is 0 Å². The fraction of sp³-hybridized carbons (Fsp3) is 0.172. The summed E-state index contributed by atoms with van der Waals surface area (Å²) in [6.45, 7) is 1.68. The van der Waals surface area contributed by atoms with Gasteiger partial charge in [0.1, 0.15) is 18.4 Å². The Kier molecular flexibility index (Phi) is 6.47. The van der Waals surface area contributed by atoms with Gasteiger partial charge in [-0.1, -0.05) is 36.4 Å². The quantitative estimate of drug-likeness (QED) is 0.337. The molecule has 3 aromatic carbocycles. The first-order valence-corrected chi connectivity index (χ1v) is 12.3. The number of quaternary nitrogens is 1. The Hall–Kier alpha value is -3.76. The molecule has 0 fully saturated rings. The molecule has 2 heterocycles. The van der Waals surface area contributed by atoms with Crippen LogP contribution in [-0.2, 0) is 13.1 Å². The number of rotatable bonds is 7. The highest BCUT2D eigenvalue weighted by atomic mass is 32.1. The van der Waals surface area contributed by atoms with E-state index >= 15 is 0 Å². The maximum atomic E-state index is 9.72. The van der Waals surface area contributed by atoms with Gasteiger partial charge in [0, 0.05) is 22.2 Å². The highest BCUT2D eigenvalue weighted by Gasteiger charge is 2.18. The fourth-order valence-electron chi connectivity index (χ4n) is 4.36. The van der Waals surface area contributed by atoms with Gasteiger partial charge >= 0.3 is 0 Å². The van der Waals surface area contributed by atoms with E-state index in [0.29, 0.717) is 5.56 Å². The maximum Gasteiger partial charge on any atom is 0.234 e. The molecule has 0 saturated carbocycles. The van der Waals surface area contributed by atoms with Gasteiger partial charge in [0.25, 0.3) is 0 Å². The number of methoxy groups -OCH3 is 1. The van der Waals surface area contributed by atoms with Crippen molar-refractivity contribution in [2.45, 2.75) is 13.1 Å². The highest BCUT2D eigenvalue weighted by Crippen LogP contribution is 2.39. The predicted molar refractivity (Wildman–Crippen MR) is 143 cm³/mol. The van der Waals surface area contributed by atoms with Crippen molar-refractivity contribution in [2.24, 2.45) is 0 Å². The first kappa shape index (κ1) is 23.0. The van der Waals surface area contributed by atoms with E-state index in [1.54, 1.807) is 24.6 Å². The minimum atomic E-state index is 0.623. The second kappa shape index (κ2) is 9.85. The van der Waals surface area contributed by atoms with Crippen molar-refractivity contribution in [1.29, 1.82) is 5.26 Å². The zero-order valence-corrected chi connectivity index (χ0v) is 20.9. The SMILES string of the molecule is COc1ccc(C[NH2+]c2ncc(C#N)c3sc4cc(-c5ccc(CN(C)C)cc5)ccc4c23)cc1. The number of benzene rings is 3. The van der Waals surface area contributed by atoms with E-state index in [4.69, 9.17) is 4.74 Å². The lowest BCUT2D eigenvalue weighted by molar-refractivity contribution is -0.590. The summed E-state index contributed by atoms with van der Waals surface area (Å²) >= 11 is 1.67. The number of aromatic nitrogens is 1. The van der Waals surface area contributed by atoms with Crippen LogP contribution in [0.25, 0.3) is 31.3 Å². The maximum absolute atomic E-state index is 9.72. The third kappa shape index (κ3) is 4.75. The number of thiophene rings is 1. The molecule has 6 heteroatoms. The molecule has 0 radical (unpaired) electrons. The molecule has 0 bridgehead atoms. The van der Waals surface area contributed by atoms with Gasteiger partial charge in [-0.15, -0.1) is 11.3 Å². The zero-order chi connectivity index (χ0) is 24.4. The molecule has 5 aromatic rings. The van der Waals surface area contributed by atoms with Gasteiger partial charge in [-0.25, -0.2) is 4.98 Å². The molecule has 0 aliphatic carbocycles. The molecule has 5 nitrogen and oxygen atoms in total. The Labute approximate surface area is 209 Å². The first-order chi connectivity index (χ1) is 17.1. The Morgan fingerprint density at radius 1 is 0.971 bits per heavy atom. The van der Waals surface area contributed by atoms with Crippen molar-refractivity contribution in [1.82, 2.24) is 9.88 Å². The zero-order valence-electron chi connectivity index (χ0n) is 20.1. The van der Waals surface area contributed by atoms with Crippen molar-refractivity contribution in [3.63, 3.8) is 0 Å². The summed E-state index contributed by atoms with van der Waals surface area (Å²) in [6, 6.07) is 25.7. The number of hydrogen-bond acceptors (Lipinski definition) is 5. The number of nitrogens with zero attached hydrogens (tertiary/aromatic N) is 3. The normalized spacial score (nSPS) is 11.3. The van der Waals surface area contributed by atoms with Crippen LogP contribution in [0.1, 0.15) is 16.7 Å². The van der Waals surface area contributed by atoms with E-state index in [0.717, 1.165) is 40.1 Å². The van der Waals surface area contributed by atoms with Crippen LogP contribution in [0.5, 0.6) is 5.75 Å². The molecule has 0 saturated heterocycles. The summed E-state index contributed by atoms with van der Waals surface area (Å²) in [7, 11) is 5.83. The summed E-state index contributed by atoms with van der Waals surface area (Å²) in [4.78, 5) is 6.83. The fourth-order valence-corrected chi connectivity index (χ4v) is 5.57. The van der Waals surface area contributed by atoms with Crippen molar-refractivity contribution in [3.8, 4) is 22.9 Å². The molecule has 0 atom stereocenters. The van der Waals surface area contributed by atoms with E-state index in [1.165, 1.54) is 27.0 Å². The van der Waals surface area contributed by atoms with Crippen LogP contribution < -0.4 is 10.1 Å². The molecule has 0 aliphatic rings. The number of hydrogen-bond donors (Lipinski definition) is 1. The van der Waals surface area contributed by atoms with E-state index < -0.39 is 0 Å². The molecule has 0 spiro atoms. The third-order valence-corrected chi connectivity index (χ3v) is 7.31. The first-order valence-electron chi connectivity index (χ1n) is 11.5. The van der Waals surface area contributed by atoms with Gasteiger partial charge in [0.05, 0.1) is 29.0 Å². The smallest absolute Gasteiger partial charge is 0.234 e. The lowest BCUT2D eigenvalue weighted by Crippen LogP contribution is -2.76. The molecular formula is C29H27N4OS+. The summed E-state index contributed by atoms with van der Waals surface area (Å²) < 4.78 is 7.42. The summed E-state index contributed by atoms with van der Waals surface area (Å²) in [5.41, 5.74) is 5.47. The largest absolute Gasteiger partial charge is 0.497 e. The van der Waals surface area contributed by atoms with E-state index in [2.05, 4.69) is 90.0 Å². The molecule has 2 N–H and O–H groups in total. The minimum absolute atomic E-state index is 0.623. The van der Waals surface area contributed by atoms with Gasteiger partial charge < -0.3 is 9.64 Å². The summed E-state index contributed by atoms with van der Waals surface area (Å²) in [6.07, 6.45) is 1.70. The number of pyridine rings is 1. The monoisotopic (exact) mass is 479 g/mol. The Bertz CT molecular complexity index is 1530. The standard InChI is InChI=1S/C29H26N4OS/c1-33(2)18-20-4-8-21(9-5-20)22-10-13-25-26(14-22)35-28-23(15-30)17-32-29(27(25)28)31-16-19-6-11-24(34-3)12-7-19/h4-14,17H,16,18H2,1-3H3,(H,31,32)/p+1. The van der Waals surface area contributed by atoms with Crippen LogP contribution in [0.15, 0.2) is 72.9 Å². The number of ether oxygens (including phenoxy) is 1. The predicted octanol–water partition coefficient (Wildman–Crippen LogP) is 5.45. The Morgan fingerprint density at radius 3 is 2.37 bits per heavy atom. The van der Waals surface area contributed by atoms with Gasteiger partial charge in [-0.05, 0) is 61.1 Å². The van der Waals surface area contributed by atoms with Crippen LogP contribution in [0.3, 0.4) is 0 Å². The van der Waals surface area contributed by atoms with E-state index in [-0.39, 0.29) is 0 Å². The molecular weight excluding hydrogens is 452 g/mol. The van der Waals surface area contributed by atoms with Gasteiger partial charge in [-0.2, -0.15) is 5.26 Å². The van der Waals surface area contributed by atoms with Crippen LogP contribution in [-0.4, -0.2) is 31.1 Å². The van der Waals surface area contributed by atoms with Crippen LogP contribution in [0.2, 0.25) is 0 Å². The van der Waals surface area contributed by atoms with Crippen LogP contribution in [0.4, 0.5) is 5.82 Å². The van der Waals surface area contributed by atoms with Gasteiger partial charge in [0.2, 0.25) is 5.82 Å². The molecule has 5 rings (SSSR count). The summed E-state index contributed by atoms with van der Waals surface area (Å²) in [5, 5.41) is 14.1. The van der Waals surface area contributed by atoms with Crippen LogP contribution >= 0.6 is 11.3 Å². The highest BCUT2D eigenvalue weighted by molar-refractivity contribution is 7.26. The molecule has 0 unspecified atom stereocenters. The second-order valence-corrected chi connectivity index (χ2v) is 9.93. The van der Waals surface area contributed by atoms with Crippen molar-refractivity contribution < 1.29 is 10.1 Å². The third-order valence-electron chi connectivity index (χ3n) is 6.12. The lowest BCUT2D eigenvalue weighted by Gasteiger charge is -2.10. The summed E-state index contributed by atoms with van der Waals surface area (Å²) in [5.74, 6) is 1.77. The average molecular weight is 480 g/mol. The molecule has 35 heavy (non-hydrogen) atoms. The Balaban J connectivity index is 1.50. The number of nitrogens with two attached hydrogens (primary N) is 1. The van der Waals surface area contributed by atoms with Crippen LogP contribution in [0, 0.1) is 11.3 Å². The topological polar surface area (TPSA) is 65.8 Å². The molecule has 2 aromatic heterocycles. The Morgan fingerprint density at radius 2 is 1.69 bits per heavy atom. The molecule has 0 amide bonds. The van der Waals surface area contributed by atoms with E-state index in [9.17, 15) is 5.26 Å². The molecule has 174 valence electrons. The number of fused-ring (bicyclic) bond motifs is 3. The minimum Gasteiger partial charge on any atom is -0.497 e. The van der Waals surface area contributed by atoms with Gasteiger partial charge in [-0.3, -0.25) is 5.32 Å². The second-order valence-electron chi connectivity index (χ2n) is 8.88. The van der Waals surface area contributed by atoms with Crippen molar-refractivity contribution in [2.75, 3.05) is 21.2 Å². The van der Waals surface area contributed by atoms with E-state index in [1.807, 2.05) is 12.1 Å². The average Bonchev–Trinajstić information content (AvgIpc) is 3.27. The molecule has 0 aliphatic heterocycles. The van der Waals surface area contributed by atoms with Crippen molar-refractivity contribution in [3.05, 3.63) is 89.6 Å².